The normalized spacial score (nSPS) is 12.3. The maximum atomic E-state index is 12.7. The van der Waals surface area contributed by atoms with Crippen LogP contribution in [-0.4, -0.2) is 29.7 Å². The van der Waals surface area contributed by atoms with E-state index in [1.165, 1.54) is 4.68 Å². The number of nitrogens with one attached hydrogen (secondary N) is 1. The number of alkyl halides is 3. The number of pyridine rings is 1. The van der Waals surface area contributed by atoms with E-state index in [0.29, 0.717) is 17.5 Å². The molecular formula is C17H15F3N4O2S. The molecular weight excluding hydrogens is 381 g/mol. The molecule has 0 radical (unpaired) electrons. The number of aromatic nitrogens is 3. The summed E-state index contributed by atoms with van der Waals surface area (Å²) in [5.41, 5.74) is 0.301. The first-order valence-electron chi connectivity index (χ1n) is 7.87. The summed E-state index contributed by atoms with van der Waals surface area (Å²) in [6.45, 7) is 0.187. The van der Waals surface area contributed by atoms with Crippen LogP contribution in [0.25, 0.3) is 11.4 Å². The van der Waals surface area contributed by atoms with Crippen LogP contribution in [0.4, 0.5) is 13.2 Å². The standard InChI is InChI=1S/C17H15F3N4O2S/c18-17(19,20)13-4-3-5-14(12-13)27(25,26)22-9-11-24-10-7-16(23-24)15-6-1-2-8-21-15/h1-8,10,12,22H,9,11H2. The molecule has 0 atom stereocenters. The van der Waals surface area contributed by atoms with Crippen LogP contribution < -0.4 is 4.72 Å². The molecule has 10 heteroatoms. The van der Waals surface area contributed by atoms with Crippen molar-refractivity contribution in [2.75, 3.05) is 6.54 Å². The van der Waals surface area contributed by atoms with Gasteiger partial charge < -0.3 is 0 Å². The van der Waals surface area contributed by atoms with Crippen molar-refractivity contribution in [1.29, 1.82) is 0 Å². The molecule has 2 heterocycles. The molecule has 3 rings (SSSR count). The molecule has 0 aliphatic heterocycles. The maximum absolute atomic E-state index is 12.7. The molecule has 6 nitrogen and oxygen atoms in total. The highest BCUT2D eigenvalue weighted by Crippen LogP contribution is 2.30. The van der Waals surface area contributed by atoms with Crippen molar-refractivity contribution in [2.45, 2.75) is 17.6 Å². The van der Waals surface area contributed by atoms with Crippen LogP contribution in [0.3, 0.4) is 0 Å². The van der Waals surface area contributed by atoms with Crippen molar-refractivity contribution in [2.24, 2.45) is 0 Å². The topological polar surface area (TPSA) is 76.9 Å². The molecule has 142 valence electrons. The predicted molar refractivity (Wildman–Crippen MR) is 92.1 cm³/mol. The number of benzene rings is 1. The summed E-state index contributed by atoms with van der Waals surface area (Å²) in [5, 5.41) is 4.29. The maximum Gasteiger partial charge on any atom is 0.416 e. The highest BCUT2D eigenvalue weighted by molar-refractivity contribution is 7.89. The Hall–Kier alpha value is -2.72. The fourth-order valence-corrected chi connectivity index (χ4v) is 3.42. The van der Waals surface area contributed by atoms with Crippen molar-refractivity contribution < 1.29 is 21.6 Å². The molecule has 0 saturated heterocycles. The van der Waals surface area contributed by atoms with Gasteiger partial charge in [-0.05, 0) is 36.4 Å². The zero-order chi connectivity index (χ0) is 19.5. The number of halogens is 3. The molecule has 0 saturated carbocycles. The average molecular weight is 396 g/mol. The van der Waals surface area contributed by atoms with Gasteiger partial charge in [0.25, 0.3) is 0 Å². The van der Waals surface area contributed by atoms with Crippen LogP contribution in [0.5, 0.6) is 0 Å². The van der Waals surface area contributed by atoms with Crippen LogP contribution in [0, 0.1) is 0 Å². The van der Waals surface area contributed by atoms with Gasteiger partial charge in [-0.1, -0.05) is 12.1 Å². The quantitative estimate of drug-likeness (QED) is 0.695. The van der Waals surface area contributed by atoms with E-state index < -0.39 is 26.7 Å². The van der Waals surface area contributed by atoms with E-state index in [9.17, 15) is 21.6 Å². The molecule has 0 amide bonds. The van der Waals surface area contributed by atoms with Gasteiger partial charge in [-0.2, -0.15) is 18.3 Å². The third-order valence-electron chi connectivity index (χ3n) is 3.67. The van der Waals surface area contributed by atoms with Gasteiger partial charge in [0.15, 0.2) is 0 Å². The molecule has 0 bridgehead atoms. The fourth-order valence-electron chi connectivity index (χ4n) is 2.35. The fraction of sp³-hybridized carbons (Fsp3) is 0.176. The minimum absolute atomic E-state index is 0.0259. The lowest BCUT2D eigenvalue weighted by Gasteiger charge is -2.10. The van der Waals surface area contributed by atoms with Crippen LogP contribution in [0.1, 0.15) is 5.56 Å². The van der Waals surface area contributed by atoms with E-state index in [4.69, 9.17) is 0 Å². The Bertz CT molecular complexity index is 1020. The zero-order valence-electron chi connectivity index (χ0n) is 13.9. The lowest BCUT2D eigenvalue weighted by molar-refractivity contribution is -0.137. The molecule has 0 fully saturated rings. The van der Waals surface area contributed by atoms with E-state index >= 15 is 0 Å². The summed E-state index contributed by atoms with van der Waals surface area (Å²) in [7, 11) is -4.06. The van der Waals surface area contributed by atoms with Crippen molar-refractivity contribution in [3.63, 3.8) is 0 Å². The van der Waals surface area contributed by atoms with Crippen molar-refractivity contribution in [3.8, 4) is 11.4 Å². The summed E-state index contributed by atoms with van der Waals surface area (Å²) < 4.78 is 66.4. The second-order valence-electron chi connectivity index (χ2n) is 5.60. The summed E-state index contributed by atoms with van der Waals surface area (Å²) in [4.78, 5) is 3.73. The smallest absolute Gasteiger partial charge is 0.271 e. The predicted octanol–water partition coefficient (Wildman–Crippen LogP) is 2.94. The molecule has 0 aliphatic carbocycles. The Kier molecular flexibility index (Phi) is 5.29. The minimum Gasteiger partial charge on any atom is -0.271 e. The molecule has 1 N–H and O–H groups in total. The van der Waals surface area contributed by atoms with Crippen LogP contribution in [0.2, 0.25) is 0 Å². The third kappa shape index (κ3) is 4.72. The first-order valence-corrected chi connectivity index (χ1v) is 9.36. The van der Waals surface area contributed by atoms with Crippen molar-refractivity contribution >= 4 is 10.0 Å². The van der Waals surface area contributed by atoms with Crippen LogP contribution in [-0.2, 0) is 22.7 Å². The van der Waals surface area contributed by atoms with Gasteiger partial charge in [0.2, 0.25) is 10.0 Å². The van der Waals surface area contributed by atoms with Crippen molar-refractivity contribution in [1.82, 2.24) is 19.5 Å². The summed E-state index contributed by atoms with van der Waals surface area (Å²) in [6.07, 6.45) is -1.30. The lowest BCUT2D eigenvalue weighted by Crippen LogP contribution is -2.27. The first-order chi connectivity index (χ1) is 12.8. The molecule has 0 aliphatic rings. The highest BCUT2D eigenvalue weighted by atomic mass is 32.2. The first kappa shape index (κ1) is 19.1. The zero-order valence-corrected chi connectivity index (χ0v) is 14.7. The average Bonchev–Trinajstić information content (AvgIpc) is 3.11. The number of rotatable bonds is 6. The Labute approximate surface area is 153 Å². The second kappa shape index (κ2) is 7.49. The molecule has 3 aromatic rings. The van der Waals surface area contributed by atoms with Gasteiger partial charge in [-0.25, -0.2) is 13.1 Å². The van der Waals surface area contributed by atoms with E-state index in [1.807, 2.05) is 6.07 Å². The van der Waals surface area contributed by atoms with Gasteiger partial charge in [0.1, 0.15) is 5.69 Å². The van der Waals surface area contributed by atoms with E-state index in [1.54, 1.807) is 30.6 Å². The SMILES string of the molecule is O=S(=O)(NCCn1ccc(-c2ccccn2)n1)c1cccc(C(F)(F)F)c1. The van der Waals surface area contributed by atoms with E-state index in [0.717, 1.165) is 18.2 Å². The molecule has 1 aromatic carbocycles. The van der Waals surface area contributed by atoms with E-state index in [2.05, 4.69) is 14.8 Å². The Morgan fingerprint density at radius 1 is 1.04 bits per heavy atom. The van der Waals surface area contributed by atoms with Crippen molar-refractivity contribution in [3.05, 3.63) is 66.5 Å². The minimum atomic E-state index is -4.61. The second-order valence-corrected chi connectivity index (χ2v) is 7.37. The van der Waals surface area contributed by atoms with Crippen LogP contribution >= 0.6 is 0 Å². The lowest BCUT2D eigenvalue weighted by atomic mass is 10.2. The Morgan fingerprint density at radius 2 is 1.85 bits per heavy atom. The van der Waals surface area contributed by atoms with Gasteiger partial charge in [0, 0.05) is 18.9 Å². The third-order valence-corrected chi connectivity index (χ3v) is 5.13. The number of sulfonamides is 1. The molecule has 2 aromatic heterocycles. The monoisotopic (exact) mass is 396 g/mol. The number of nitrogens with zero attached hydrogens (tertiary/aromatic N) is 3. The molecule has 0 spiro atoms. The van der Waals surface area contributed by atoms with Gasteiger partial charge in [0.05, 0.1) is 22.7 Å². The number of hydrogen-bond acceptors (Lipinski definition) is 4. The Balaban J connectivity index is 1.64. The van der Waals surface area contributed by atoms with Gasteiger partial charge in [-0.15, -0.1) is 0 Å². The van der Waals surface area contributed by atoms with Crippen LogP contribution in [0.15, 0.2) is 65.8 Å². The largest absolute Gasteiger partial charge is 0.416 e. The molecule has 0 unspecified atom stereocenters. The Morgan fingerprint density at radius 3 is 2.56 bits per heavy atom. The van der Waals surface area contributed by atoms with Gasteiger partial charge in [-0.3, -0.25) is 9.67 Å². The van der Waals surface area contributed by atoms with E-state index in [-0.39, 0.29) is 13.1 Å². The number of hydrogen-bond donors (Lipinski definition) is 1. The summed E-state index contributed by atoms with van der Waals surface area (Å²) in [6, 6.07) is 10.7. The summed E-state index contributed by atoms with van der Waals surface area (Å²) >= 11 is 0. The van der Waals surface area contributed by atoms with Gasteiger partial charge >= 0.3 is 6.18 Å². The molecule has 27 heavy (non-hydrogen) atoms. The summed E-state index contributed by atoms with van der Waals surface area (Å²) in [5.74, 6) is 0. The highest BCUT2D eigenvalue weighted by Gasteiger charge is 2.31.